The summed E-state index contributed by atoms with van der Waals surface area (Å²) < 4.78 is 5.34. The van der Waals surface area contributed by atoms with Gasteiger partial charge in [-0.3, -0.25) is 9.78 Å². The van der Waals surface area contributed by atoms with Crippen molar-refractivity contribution in [3.63, 3.8) is 0 Å². The van der Waals surface area contributed by atoms with Gasteiger partial charge in [0.05, 0.1) is 12.2 Å². The first kappa shape index (κ1) is 18.9. The summed E-state index contributed by atoms with van der Waals surface area (Å²) in [5.41, 5.74) is 2.42. The van der Waals surface area contributed by atoms with Crippen molar-refractivity contribution in [3.05, 3.63) is 111 Å². The number of hydrogen-bond donors (Lipinski definition) is 1. The summed E-state index contributed by atoms with van der Waals surface area (Å²) in [5, 5.41) is 4.08. The van der Waals surface area contributed by atoms with Gasteiger partial charge in [0.2, 0.25) is 0 Å². The van der Waals surface area contributed by atoms with Crippen molar-refractivity contribution in [1.82, 2.24) is 10.3 Å². The van der Waals surface area contributed by atoms with Gasteiger partial charge >= 0.3 is 5.63 Å². The average molecular weight is 405 g/mol. The zero-order valence-corrected chi connectivity index (χ0v) is 16.1. The summed E-state index contributed by atoms with van der Waals surface area (Å²) in [6, 6.07) is 20.1. The number of amides is 1. The minimum Gasteiger partial charge on any atom is -0.422 e. The Morgan fingerprint density at radius 3 is 2.66 bits per heavy atom. The summed E-state index contributed by atoms with van der Waals surface area (Å²) >= 11 is 6.25. The topological polar surface area (TPSA) is 72.2 Å². The van der Waals surface area contributed by atoms with E-state index < -0.39 is 11.5 Å². The molecule has 0 radical (unpaired) electrons. The van der Waals surface area contributed by atoms with Crippen molar-refractivity contribution in [2.24, 2.45) is 0 Å². The summed E-state index contributed by atoms with van der Waals surface area (Å²) in [7, 11) is 0. The highest BCUT2D eigenvalue weighted by atomic mass is 35.5. The molecular formula is C23H17ClN2O3. The fraction of sp³-hybridized carbons (Fsp3) is 0.0870. The van der Waals surface area contributed by atoms with Gasteiger partial charge in [-0.2, -0.15) is 0 Å². The van der Waals surface area contributed by atoms with E-state index in [2.05, 4.69) is 10.3 Å². The molecule has 1 amide bonds. The first-order valence-corrected chi connectivity index (χ1v) is 9.46. The zero-order valence-electron chi connectivity index (χ0n) is 15.4. The first-order valence-electron chi connectivity index (χ1n) is 9.08. The maximum absolute atomic E-state index is 12.5. The number of pyridine rings is 1. The lowest BCUT2D eigenvalue weighted by Crippen LogP contribution is -2.28. The van der Waals surface area contributed by atoms with Crippen LogP contribution in [0.5, 0.6) is 0 Å². The molecular weight excluding hydrogens is 388 g/mol. The largest absolute Gasteiger partial charge is 0.422 e. The highest BCUT2D eigenvalue weighted by Gasteiger charge is 2.14. The second-order valence-corrected chi connectivity index (χ2v) is 7.00. The van der Waals surface area contributed by atoms with Crippen molar-refractivity contribution in [1.29, 1.82) is 0 Å². The van der Waals surface area contributed by atoms with Gasteiger partial charge in [-0.1, -0.05) is 41.9 Å². The third-order valence-corrected chi connectivity index (χ3v) is 4.92. The van der Waals surface area contributed by atoms with Crippen LogP contribution in [0.25, 0.3) is 11.0 Å². The van der Waals surface area contributed by atoms with Gasteiger partial charge in [0, 0.05) is 16.6 Å². The molecule has 5 nitrogen and oxygen atoms in total. The van der Waals surface area contributed by atoms with E-state index in [9.17, 15) is 9.59 Å². The molecule has 0 bridgehead atoms. The molecule has 2 aromatic carbocycles. The van der Waals surface area contributed by atoms with Gasteiger partial charge in [0.1, 0.15) is 11.1 Å². The Balaban J connectivity index is 1.59. The summed E-state index contributed by atoms with van der Waals surface area (Å²) in [6.45, 7) is 0.226. The van der Waals surface area contributed by atoms with Crippen LogP contribution in [0.2, 0.25) is 5.02 Å². The smallest absolute Gasteiger partial charge is 0.349 e. The van der Waals surface area contributed by atoms with Crippen molar-refractivity contribution < 1.29 is 9.21 Å². The van der Waals surface area contributed by atoms with E-state index in [1.807, 2.05) is 42.5 Å². The number of carbonyl (C=O) groups excluding carboxylic acids is 1. The van der Waals surface area contributed by atoms with Crippen molar-refractivity contribution in [2.75, 3.05) is 0 Å². The van der Waals surface area contributed by atoms with Crippen LogP contribution in [-0.2, 0) is 13.0 Å². The molecule has 2 heterocycles. The third kappa shape index (κ3) is 4.36. The molecule has 144 valence electrons. The van der Waals surface area contributed by atoms with Crippen LogP contribution in [0.1, 0.15) is 27.2 Å². The van der Waals surface area contributed by atoms with E-state index in [1.54, 1.807) is 30.5 Å². The van der Waals surface area contributed by atoms with Crippen LogP contribution in [0, 0.1) is 0 Å². The number of halogens is 1. The lowest BCUT2D eigenvalue weighted by Gasteiger charge is -2.07. The molecule has 0 fully saturated rings. The van der Waals surface area contributed by atoms with E-state index in [4.69, 9.17) is 16.0 Å². The van der Waals surface area contributed by atoms with Crippen molar-refractivity contribution in [2.45, 2.75) is 13.0 Å². The molecule has 2 aromatic heterocycles. The first-order chi connectivity index (χ1) is 14.1. The van der Waals surface area contributed by atoms with E-state index >= 15 is 0 Å². The SMILES string of the molecule is O=C(NCc1ccccn1)c1cc2cc(Cc3ccccc3Cl)ccc2oc1=O. The van der Waals surface area contributed by atoms with Gasteiger partial charge in [-0.25, -0.2) is 4.79 Å². The fourth-order valence-corrected chi connectivity index (χ4v) is 3.27. The number of carbonyl (C=O) groups is 1. The third-order valence-electron chi connectivity index (χ3n) is 4.55. The van der Waals surface area contributed by atoms with Crippen LogP contribution in [-0.4, -0.2) is 10.9 Å². The van der Waals surface area contributed by atoms with Crippen molar-refractivity contribution >= 4 is 28.5 Å². The van der Waals surface area contributed by atoms with Crippen LogP contribution in [0.15, 0.2) is 82.1 Å². The molecule has 0 saturated carbocycles. The standard InChI is InChI=1S/C23H17ClN2O3/c24-20-7-2-1-5-16(20)11-15-8-9-21-17(12-15)13-19(23(28)29-21)22(27)26-14-18-6-3-4-10-25-18/h1-10,12-13H,11,14H2,(H,26,27). The normalized spacial score (nSPS) is 10.8. The van der Waals surface area contributed by atoms with Gasteiger partial charge < -0.3 is 9.73 Å². The number of nitrogens with zero attached hydrogens (tertiary/aromatic N) is 1. The second-order valence-electron chi connectivity index (χ2n) is 6.59. The van der Waals surface area contributed by atoms with Crippen LogP contribution >= 0.6 is 11.6 Å². The summed E-state index contributed by atoms with van der Waals surface area (Å²) in [4.78, 5) is 28.9. The Kier molecular flexibility index (Phi) is 5.40. The number of nitrogens with one attached hydrogen (secondary N) is 1. The van der Waals surface area contributed by atoms with E-state index in [0.29, 0.717) is 28.1 Å². The minimum absolute atomic E-state index is 0.0386. The van der Waals surface area contributed by atoms with E-state index in [1.165, 1.54) is 0 Å². The van der Waals surface area contributed by atoms with Crippen LogP contribution in [0.3, 0.4) is 0 Å². The van der Waals surface area contributed by atoms with Crippen molar-refractivity contribution in [3.8, 4) is 0 Å². The Morgan fingerprint density at radius 1 is 1.03 bits per heavy atom. The molecule has 0 atom stereocenters. The van der Waals surface area contributed by atoms with Gasteiger partial charge in [0.25, 0.3) is 5.91 Å². The highest BCUT2D eigenvalue weighted by molar-refractivity contribution is 6.31. The summed E-state index contributed by atoms with van der Waals surface area (Å²) in [5.74, 6) is -0.497. The number of fused-ring (bicyclic) bond motifs is 1. The predicted molar refractivity (Wildman–Crippen MR) is 112 cm³/mol. The van der Waals surface area contributed by atoms with E-state index in [-0.39, 0.29) is 12.1 Å². The lowest BCUT2D eigenvalue weighted by molar-refractivity contribution is 0.0947. The highest BCUT2D eigenvalue weighted by Crippen LogP contribution is 2.22. The Morgan fingerprint density at radius 2 is 1.86 bits per heavy atom. The minimum atomic E-state index is -0.671. The maximum Gasteiger partial charge on any atom is 0.349 e. The number of hydrogen-bond acceptors (Lipinski definition) is 4. The average Bonchev–Trinajstić information content (AvgIpc) is 2.74. The molecule has 29 heavy (non-hydrogen) atoms. The van der Waals surface area contributed by atoms with Crippen LogP contribution < -0.4 is 10.9 Å². The lowest BCUT2D eigenvalue weighted by atomic mass is 10.0. The molecule has 0 aliphatic heterocycles. The number of benzene rings is 2. The van der Waals surface area contributed by atoms with Crippen LogP contribution in [0.4, 0.5) is 0 Å². The van der Waals surface area contributed by atoms with E-state index in [0.717, 1.165) is 11.1 Å². The monoisotopic (exact) mass is 404 g/mol. The zero-order chi connectivity index (χ0) is 20.2. The predicted octanol–water partition coefficient (Wildman–Crippen LogP) is 4.36. The Hall–Kier alpha value is -3.44. The van der Waals surface area contributed by atoms with Gasteiger partial charge in [-0.15, -0.1) is 0 Å². The molecule has 0 aliphatic rings. The Bertz CT molecular complexity index is 1240. The molecule has 4 rings (SSSR count). The molecule has 6 heteroatoms. The molecule has 4 aromatic rings. The number of aromatic nitrogens is 1. The molecule has 0 saturated heterocycles. The quantitative estimate of drug-likeness (QED) is 0.501. The van der Waals surface area contributed by atoms with Gasteiger partial charge in [0.15, 0.2) is 0 Å². The molecule has 0 spiro atoms. The summed E-state index contributed by atoms with van der Waals surface area (Å²) in [6.07, 6.45) is 2.28. The maximum atomic E-state index is 12.5. The fourth-order valence-electron chi connectivity index (χ4n) is 3.07. The Labute approximate surface area is 172 Å². The second kappa shape index (κ2) is 8.29. The molecule has 0 unspecified atom stereocenters. The number of rotatable bonds is 5. The molecule has 0 aliphatic carbocycles. The van der Waals surface area contributed by atoms with Gasteiger partial charge in [-0.05, 0) is 53.9 Å². The molecule has 1 N–H and O–H groups in total.